The first-order chi connectivity index (χ1) is 9.81. The Bertz CT molecular complexity index is 624. The van der Waals surface area contributed by atoms with Gasteiger partial charge in [0, 0.05) is 13.1 Å². The SMILES string of the molecule is C=CCOc1cc(C(=O)O)cc(N(C)S(=O)(=O)CCC)c1. The van der Waals surface area contributed by atoms with Crippen LogP contribution >= 0.6 is 0 Å². The van der Waals surface area contributed by atoms with Crippen LogP contribution in [0.25, 0.3) is 0 Å². The lowest BCUT2D eigenvalue weighted by Crippen LogP contribution is -2.29. The van der Waals surface area contributed by atoms with Crippen molar-refractivity contribution in [1.82, 2.24) is 0 Å². The molecule has 0 spiro atoms. The lowest BCUT2D eigenvalue weighted by Gasteiger charge is -2.20. The molecular weight excluding hydrogens is 294 g/mol. The van der Waals surface area contributed by atoms with Crippen molar-refractivity contribution in [2.75, 3.05) is 23.7 Å². The zero-order valence-corrected chi connectivity index (χ0v) is 12.9. The van der Waals surface area contributed by atoms with Crippen LogP contribution in [0, 0.1) is 0 Å². The first-order valence-electron chi connectivity index (χ1n) is 6.40. The van der Waals surface area contributed by atoms with Crippen molar-refractivity contribution in [1.29, 1.82) is 0 Å². The van der Waals surface area contributed by atoms with E-state index in [1.807, 2.05) is 0 Å². The van der Waals surface area contributed by atoms with Gasteiger partial charge in [0.15, 0.2) is 0 Å². The molecule has 1 aromatic rings. The van der Waals surface area contributed by atoms with E-state index < -0.39 is 16.0 Å². The van der Waals surface area contributed by atoms with Crippen LogP contribution in [-0.2, 0) is 10.0 Å². The Morgan fingerprint density at radius 2 is 2.10 bits per heavy atom. The number of aromatic carboxylic acids is 1. The molecule has 21 heavy (non-hydrogen) atoms. The summed E-state index contributed by atoms with van der Waals surface area (Å²) in [4.78, 5) is 11.1. The summed E-state index contributed by atoms with van der Waals surface area (Å²) >= 11 is 0. The second-order valence-corrected chi connectivity index (χ2v) is 6.52. The molecule has 116 valence electrons. The number of nitrogens with zero attached hydrogens (tertiary/aromatic N) is 1. The maximum absolute atomic E-state index is 12.1. The molecule has 0 aliphatic rings. The van der Waals surface area contributed by atoms with Crippen molar-refractivity contribution < 1.29 is 23.1 Å². The summed E-state index contributed by atoms with van der Waals surface area (Å²) in [7, 11) is -2.09. The first-order valence-corrected chi connectivity index (χ1v) is 8.01. The number of carboxylic acids is 1. The zero-order chi connectivity index (χ0) is 16.0. The summed E-state index contributed by atoms with van der Waals surface area (Å²) in [5.74, 6) is -0.881. The number of anilines is 1. The fraction of sp³-hybridized carbons (Fsp3) is 0.357. The highest BCUT2D eigenvalue weighted by molar-refractivity contribution is 7.92. The molecule has 0 aromatic heterocycles. The molecule has 0 fully saturated rings. The predicted molar refractivity (Wildman–Crippen MR) is 81.6 cm³/mol. The summed E-state index contributed by atoms with van der Waals surface area (Å²) in [5, 5.41) is 9.10. The van der Waals surface area contributed by atoms with Gasteiger partial charge in [-0.3, -0.25) is 4.31 Å². The topological polar surface area (TPSA) is 83.9 Å². The second-order valence-electron chi connectivity index (χ2n) is 4.40. The highest BCUT2D eigenvalue weighted by Crippen LogP contribution is 2.25. The molecular formula is C14H19NO5S. The van der Waals surface area contributed by atoms with Crippen LogP contribution in [0.4, 0.5) is 5.69 Å². The number of carbonyl (C=O) groups is 1. The van der Waals surface area contributed by atoms with Crippen LogP contribution in [0.3, 0.4) is 0 Å². The van der Waals surface area contributed by atoms with Gasteiger partial charge >= 0.3 is 5.97 Å². The normalized spacial score (nSPS) is 11.0. The van der Waals surface area contributed by atoms with Gasteiger partial charge in [-0.05, 0) is 18.6 Å². The molecule has 1 N–H and O–H groups in total. The summed E-state index contributed by atoms with van der Waals surface area (Å²) in [6, 6.07) is 4.13. The maximum Gasteiger partial charge on any atom is 0.335 e. The van der Waals surface area contributed by atoms with E-state index >= 15 is 0 Å². The summed E-state index contributed by atoms with van der Waals surface area (Å²) in [5.41, 5.74) is 0.215. The van der Waals surface area contributed by atoms with Crippen molar-refractivity contribution >= 4 is 21.7 Å². The van der Waals surface area contributed by atoms with E-state index in [4.69, 9.17) is 9.84 Å². The number of carboxylic acid groups (broad SMARTS) is 1. The Hall–Kier alpha value is -2.02. The van der Waals surface area contributed by atoms with Gasteiger partial charge in [-0.2, -0.15) is 0 Å². The van der Waals surface area contributed by atoms with E-state index in [0.717, 1.165) is 4.31 Å². The summed E-state index contributed by atoms with van der Waals surface area (Å²) in [6.07, 6.45) is 2.00. The minimum Gasteiger partial charge on any atom is -0.489 e. The molecule has 0 heterocycles. The van der Waals surface area contributed by atoms with Crippen molar-refractivity contribution in [3.05, 3.63) is 36.4 Å². The Balaban J connectivity index is 3.24. The quantitative estimate of drug-likeness (QED) is 0.743. The molecule has 0 bridgehead atoms. The number of ether oxygens (including phenoxy) is 1. The molecule has 0 aliphatic heterocycles. The fourth-order valence-electron chi connectivity index (χ4n) is 1.68. The predicted octanol–water partition coefficient (Wildman–Crippen LogP) is 2.13. The first kappa shape index (κ1) is 17.0. The molecule has 0 aliphatic carbocycles. The average molecular weight is 313 g/mol. The van der Waals surface area contributed by atoms with Gasteiger partial charge in [-0.25, -0.2) is 13.2 Å². The standard InChI is InChI=1S/C14H19NO5S/c1-4-6-20-13-9-11(14(16)17)8-12(10-13)15(3)21(18,19)7-5-2/h4,8-10H,1,5-7H2,2-3H3,(H,16,17). The van der Waals surface area contributed by atoms with Crippen LogP contribution in [0.1, 0.15) is 23.7 Å². The van der Waals surface area contributed by atoms with Crippen molar-refractivity contribution in [3.63, 3.8) is 0 Å². The van der Waals surface area contributed by atoms with Crippen LogP contribution in [0.5, 0.6) is 5.75 Å². The van der Waals surface area contributed by atoms with E-state index in [2.05, 4.69) is 6.58 Å². The van der Waals surface area contributed by atoms with Crippen LogP contribution in [0.2, 0.25) is 0 Å². The van der Waals surface area contributed by atoms with Gasteiger partial charge in [0.05, 0.1) is 17.0 Å². The van der Waals surface area contributed by atoms with Gasteiger partial charge < -0.3 is 9.84 Å². The minimum absolute atomic E-state index is 0.0103. The van der Waals surface area contributed by atoms with E-state index in [0.29, 0.717) is 6.42 Å². The lowest BCUT2D eigenvalue weighted by atomic mass is 10.2. The van der Waals surface area contributed by atoms with Crippen LogP contribution < -0.4 is 9.04 Å². The highest BCUT2D eigenvalue weighted by atomic mass is 32.2. The summed E-state index contributed by atoms with van der Waals surface area (Å²) < 4.78 is 30.5. The third-order valence-electron chi connectivity index (χ3n) is 2.75. The van der Waals surface area contributed by atoms with Crippen molar-refractivity contribution in [2.45, 2.75) is 13.3 Å². The van der Waals surface area contributed by atoms with Gasteiger partial charge in [-0.1, -0.05) is 19.6 Å². The van der Waals surface area contributed by atoms with Gasteiger partial charge in [0.1, 0.15) is 12.4 Å². The Labute approximate surface area is 124 Å². The Kier molecular flexibility index (Phi) is 5.78. The number of sulfonamides is 1. The Morgan fingerprint density at radius 1 is 1.43 bits per heavy atom. The fourth-order valence-corrected chi connectivity index (χ4v) is 2.90. The number of rotatable bonds is 8. The molecule has 0 radical (unpaired) electrons. The van der Waals surface area contributed by atoms with Gasteiger partial charge in [0.2, 0.25) is 10.0 Å². The molecule has 0 atom stereocenters. The van der Waals surface area contributed by atoms with Gasteiger partial charge in [-0.15, -0.1) is 0 Å². The molecule has 6 nitrogen and oxygen atoms in total. The smallest absolute Gasteiger partial charge is 0.335 e. The molecule has 0 saturated carbocycles. The molecule has 1 rings (SSSR count). The average Bonchev–Trinajstić information content (AvgIpc) is 2.43. The van der Waals surface area contributed by atoms with E-state index in [1.165, 1.54) is 31.3 Å². The van der Waals surface area contributed by atoms with E-state index in [-0.39, 0.29) is 29.4 Å². The monoisotopic (exact) mass is 313 g/mol. The lowest BCUT2D eigenvalue weighted by molar-refractivity contribution is 0.0696. The van der Waals surface area contributed by atoms with E-state index in [1.54, 1.807) is 6.92 Å². The van der Waals surface area contributed by atoms with Crippen LogP contribution in [0.15, 0.2) is 30.9 Å². The zero-order valence-electron chi connectivity index (χ0n) is 12.1. The molecule has 1 aromatic carbocycles. The molecule has 7 heteroatoms. The van der Waals surface area contributed by atoms with Crippen molar-refractivity contribution in [3.8, 4) is 5.75 Å². The highest BCUT2D eigenvalue weighted by Gasteiger charge is 2.19. The van der Waals surface area contributed by atoms with Crippen LogP contribution in [-0.4, -0.2) is 38.9 Å². The van der Waals surface area contributed by atoms with Gasteiger partial charge in [0.25, 0.3) is 0 Å². The largest absolute Gasteiger partial charge is 0.489 e. The third-order valence-corrected chi connectivity index (χ3v) is 4.72. The molecule has 0 saturated heterocycles. The van der Waals surface area contributed by atoms with E-state index in [9.17, 15) is 13.2 Å². The second kappa shape index (κ2) is 7.12. The minimum atomic E-state index is -3.48. The number of benzene rings is 1. The molecule has 0 unspecified atom stereocenters. The number of hydrogen-bond acceptors (Lipinski definition) is 4. The Morgan fingerprint density at radius 3 is 2.62 bits per heavy atom. The number of hydrogen-bond donors (Lipinski definition) is 1. The maximum atomic E-state index is 12.1. The van der Waals surface area contributed by atoms with Crippen molar-refractivity contribution in [2.24, 2.45) is 0 Å². The summed E-state index contributed by atoms with van der Waals surface area (Å²) in [6.45, 7) is 5.47. The molecule has 0 amide bonds. The third kappa shape index (κ3) is 4.49.